The fraction of sp³-hybridized carbons (Fsp3) is 0.741. The maximum Gasteiger partial charge on any atom is 0.334 e. The van der Waals surface area contributed by atoms with Gasteiger partial charge in [0, 0.05) is 17.9 Å². The highest BCUT2D eigenvalue weighted by molar-refractivity contribution is 5.90. The first-order valence-corrected chi connectivity index (χ1v) is 13.5. The third-order valence-electron chi connectivity index (χ3n) is 9.02. The van der Waals surface area contributed by atoms with E-state index in [1.807, 2.05) is 0 Å². The van der Waals surface area contributed by atoms with Crippen molar-refractivity contribution in [1.29, 1.82) is 0 Å². The number of hydrogen-bond donors (Lipinski definition) is 7. The Balaban J connectivity index is 1.30. The van der Waals surface area contributed by atoms with Gasteiger partial charge in [-0.2, -0.15) is 0 Å². The van der Waals surface area contributed by atoms with Crippen LogP contribution in [0.25, 0.3) is 0 Å². The van der Waals surface area contributed by atoms with Crippen LogP contribution in [0, 0.1) is 17.8 Å². The summed E-state index contributed by atoms with van der Waals surface area (Å²) in [6.45, 7) is 11.0. The second-order valence-electron chi connectivity index (χ2n) is 11.3. The molecule has 224 valence electrons. The number of aliphatic hydroxyl groups is 7. The second kappa shape index (κ2) is 11.5. The van der Waals surface area contributed by atoms with E-state index in [1.54, 1.807) is 0 Å². The minimum Gasteiger partial charge on any atom is -0.458 e. The van der Waals surface area contributed by atoms with Crippen LogP contribution in [-0.4, -0.2) is 129 Å². The molecule has 5 rings (SSSR count). The molecule has 13 nitrogen and oxygen atoms in total. The number of carbonyl (C=O) groups is 1. The van der Waals surface area contributed by atoms with E-state index in [0.717, 1.165) is 5.57 Å². The minimum absolute atomic E-state index is 0.0178. The molecule has 3 aliphatic heterocycles. The highest BCUT2D eigenvalue weighted by atomic mass is 16.7. The Morgan fingerprint density at radius 1 is 0.750 bits per heavy atom. The predicted octanol–water partition coefficient (Wildman–Crippen LogP) is -2.36. The highest BCUT2D eigenvalue weighted by Gasteiger charge is 2.53. The summed E-state index contributed by atoms with van der Waals surface area (Å²) in [7, 11) is 0. The van der Waals surface area contributed by atoms with E-state index in [4.69, 9.17) is 23.7 Å². The topological polar surface area (TPSA) is 205 Å². The van der Waals surface area contributed by atoms with Gasteiger partial charge in [-0.05, 0) is 30.3 Å². The van der Waals surface area contributed by atoms with Crippen molar-refractivity contribution in [2.75, 3.05) is 13.2 Å². The second-order valence-corrected chi connectivity index (χ2v) is 11.3. The van der Waals surface area contributed by atoms with E-state index in [9.17, 15) is 40.5 Å². The molecule has 0 aromatic rings. The third-order valence-corrected chi connectivity index (χ3v) is 9.02. The average Bonchev–Trinajstić information content (AvgIpc) is 3.32. The van der Waals surface area contributed by atoms with Gasteiger partial charge in [-0.15, -0.1) is 0 Å². The molecule has 3 heterocycles. The molecule has 0 radical (unpaired) electrons. The molecule has 5 fully saturated rings. The summed E-state index contributed by atoms with van der Waals surface area (Å²) >= 11 is 0. The molecule has 0 aromatic carbocycles. The quantitative estimate of drug-likeness (QED) is 0.102. The summed E-state index contributed by atoms with van der Waals surface area (Å²) in [5.41, 5.74) is 2.03. The molecular weight excluding hydrogens is 532 g/mol. The van der Waals surface area contributed by atoms with Crippen molar-refractivity contribution in [3.63, 3.8) is 0 Å². The van der Waals surface area contributed by atoms with E-state index < -0.39 is 86.7 Å². The smallest absolute Gasteiger partial charge is 0.334 e. The Bertz CT molecular complexity index is 1010. The largest absolute Gasteiger partial charge is 0.458 e. The normalized spacial score (nSPS) is 49.4. The van der Waals surface area contributed by atoms with E-state index in [0.29, 0.717) is 30.4 Å². The van der Waals surface area contributed by atoms with E-state index in [-0.39, 0.29) is 23.9 Å². The molecule has 0 unspecified atom stereocenters. The predicted molar refractivity (Wildman–Crippen MR) is 133 cm³/mol. The number of hydrogen-bond acceptors (Lipinski definition) is 13. The van der Waals surface area contributed by atoms with E-state index >= 15 is 0 Å². The van der Waals surface area contributed by atoms with Gasteiger partial charge in [0.1, 0.15) is 54.9 Å². The summed E-state index contributed by atoms with van der Waals surface area (Å²) in [5, 5.41) is 71.7. The summed E-state index contributed by atoms with van der Waals surface area (Å²) in [6.07, 6.45) is -14.8. The summed E-state index contributed by atoms with van der Waals surface area (Å²) < 4.78 is 28.3. The minimum atomic E-state index is -1.77. The van der Waals surface area contributed by atoms with Crippen molar-refractivity contribution < 1.29 is 64.2 Å². The summed E-state index contributed by atoms with van der Waals surface area (Å²) in [5.74, 6) is -0.678. The maximum absolute atomic E-state index is 12.1. The first-order chi connectivity index (χ1) is 19.0. The van der Waals surface area contributed by atoms with E-state index in [2.05, 4.69) is 19.7 Å². The van der Waals surface area contributed by atoms with Crippen LogP contribution in [-0.2, 0) is 28.5 Å². The van der Waals surface area contributed by atoms with Gasteiger partial charge in [0.05, 0.1) is 19.3 Å². The van der Waals surface area contributed by atoms with Gasteiger partial charge in [-0.25, -0.2) is 4.79 Å². The molecule has 3 saturated heterocycles. The van der Waals surface area contributed by atoms with Gasteiger partial charge in [0.25, 0.3) is 0 Å². The zero-order valence-corrected chi connectivity index (χ0v) is 21.9. The van der Waals surface area contributed by atoms with Crippen LogP contribution in [0.4, 0.5) is 0 Å². The van der Waals surface area contributed by atoms with Crippen molar-refractivity contribution in [3.8, 4) is 0 Å². The fourth-order valence-corrected chi connectivity index (χ4v) is 6.61. The highest BCUT2D eigenvalue weighted by Crippen LogP contribution is 2.52. The van der Waals surface area contributed by atoms with Crippen LogP contribution >= 0.6 is 0 Å². The molecule has 0 bridgehead atoms. The summed E-state index contributed by atoms with van der Waals surface area (Å²) in [6, 6.07) is 0. The van der Waals surface area contributed by atoms with Gasteiger partial charge in [0.2, 0.25) is 0 Å². The zero-order valence-electron chi connectivity index (χ0n) is 21.9. The number of fused-ring (bicyclic) bond motifs is 2. The molecule has 2 aliphatic carbocycles. The van der Waals surface area contributed by atoms with Crippen LogP contribution < -0.4 is 0 Å². The third kappa shape index (κ3) is 5.07. The van der Waals surface area contributed by atoms with Crippen molar-refractivity contribution in [3.05, 3.63) is 36.5 Å². The molecule has 0 spiro atoms. The number of carbonyl (C=O) groups excluding carboxylic acids is 1. The summed E-state index contributed by atoms with van der Waals surface area (Å²) in [4.78, 5) is 12.1. The average molecular weight is 571 g/mol. The number of rotatable bonds is 6. The Labute approximate surface area is 230 Å². The zero-order chi connectivity index (χ0) is 29.0. The van der Waals surface area contributed by atoms with Crippen molar-refractivity contribution >= 4 is 5.97 Å². The lowest BCUT2D eigenvalue weighted by atomic mass is 9.83. The van der Waals surface area contributed by atoms with E-state index in [1.165, 1.54) is 0 Å². The Hall–Kier alpha value is -1.75. The maximum atomic E-state index is 12.1. The van der Waals surface area contributed by atoms with Crippen LogP contribution in [0.2, 0.25) is 0 Å². The van der Waals surface area contributed by atoms with Crippen LogP contribution in [0.15, 0.2) is 36.5 Å². The molecule has 15 atom stereocenters. The van der Waals surface area contributed by atoms with Crippen molar-refractivity contribution in [2.45, 2.75) is 92.9 Å². The monoisotopic (exact) mass is 570 g/mol. The fourth-order valence-electron chi connectivity index (χ4n) is 6.61. The van der Waals surface area contributed by atoms with Gasteiger partial charge in [-0.3, -0.25) is 0 Å². The molecule has 5 aliphatic rings. The molecule has 13 heteroatoms. The first-order valence-electron chi connectivity index (χ1n) is 13.5. The number of aliphatic hydroxyl groups excluding tert-OH is 7. The number of esters is 1. The van der Waals surface area contributed by atoms with Crippen molar-refractivity contribution in [1.82, 2.24) is 0 Å². The molecular formula is C27H38O13. The standard InChI is InChI=1S/C27H38O13/c1-9-4-16-14(11(3)25(35)36-16)5-13-10(2)15(6-12(9)13)37-27-23(34)24(20(31)18(8-29)39-27)40-26-22(33)21(32)19(30)17(7-28)38-26/h12-24,26-34H,1-8H2/t12-,13+,14-,15+,16+,17-,18-,19-,20-,21+,22-,23-,24+,26+,27-/m1/s1. The van der Waals surface area contributed by atoms with Gasteiger partial charge in [0.15, 0.2) is 12.6 Å². The van der Waals surface area contributed by atoms with Crippen molar-refractivity contribution in [2.24, 2.45) is 17.8 Å². The van der Waals surface area contributed by atoms with Gasteiger partial charge < -0.3 is 59.4 Å². The van der Waals surface area contributed by atoms with Crippen LogP contribution in [0.5, 0.6) is 0 Å². The van der Waals surface area contributed by atoms with Crippen LogP contribution in [0.1, 0.15) is 19.3 Å². The molecule has 0 aromatic heterocycles. The van der Waals surface area contributed by atoms with Gasteiger partial charge >= 0.3 is 5.97 Å². The Morgan fingerprint density at radius 3 is 2.02 bits per heavy atom. The lowest BCUT2D eigenvalue weighted by Gasteiger charge is -2.46. The lowest BCUT2D eigenvalue weighted by molar-refractivity contribution is -0.362. The molecule has 40 heavy (non-hydrogen) atoms. The molecule has 0 amide bonds. The Morgan fingerprint density at radius 2 is 1.38 bits per heavy atom. The molecule has 2 saturated carbocycles. The first kappa shape index (κ1) is 29.7. The van der Waals surface area contributed by atoms with Crippen LogP contribution in [0.3, 0.4) is 0 Å². The van der Waals surface area contributed by atoms with Gasteiger partial charge in [-0.1, -0.05) is 25.3 Å². The lowest BCUT2D eigenvalue weighted by Crippen LogP contribution is -2.65. The Kier molecular flexibility index (Phi) is 8.55. The molecule has 7 N–H and O–H groups in total. The number of ether oxygens (including phenoxy) is 5. The SMILES string of the molecule is C=C1C(=O)O[C@H]2CC(=C)[C@H]3C[C@H](O[C@@H]4O[C@H](CO)[C@@H](O)[C@H](O[C@@H]5O[C@H](CO)[C@@H](O)[C@H](O)[C@H]5O)[C@H]4O)C(=C)[C@@H]3C[C@H]12.